The summed E-state index contributed by atoms with van der Waals surface area (Å²) < 4.78 is 2.33. The van der Waals surface area contributed by atoms with Crippen LogP contribution in [0.2, 0.25) is 5.02 Å². The van der Waals surface area contributed by atoms with Gasteiger partial charge in [-0.3, -0.25) is 9.48 Å². The number of hydrogen-bond acceptors (Lipinski definition) is 4. The molecule has 1 amide bonds. The number of rotatable bonds is 3. The standard InChI is InChI=1S/C13H9BrClN5O/c14-8-4-17-20(6-8)7-12(21)19-11-5-16-13-9(15)2-1-3-10(13)18-11/h1-6H,7H2,(H,18,19,21). The van der Waals surface area contributed by atoms with Gasteiger partial charge < -0.3 is 5.32 Å². The minimum atomic E-state index is -0.235. The first-order valence-electron chi connectivity index (χ1n) is 6.01. The van der Waals surface area contributed by atoms with Crippen molar-refractivity contribution in [1.82, 2.24) is 19.7 Å². The van der Waals surface area contributed by atoms with E-state index in [4.69, 9.17) is 11.6 Å². The van der Waals surface area contributed by atoms with E-state index in [9.17, 15) is 4.79 Å². The fraction of sp³-hybridized carbons (Fsp3) is 0.0769. The molecule has 0 atom stereocenters. The van der Waals surface area contributed by atoms with Gasteiger partial charge in [0.25, 0.3) is 0 Å². The summed E-state index contributed by atoms with van der Waals surface area (Å²) in [7, 11) is 0. The Labute approximate surface area is 133 Å². The molecule has 1 N–H and O–H groups in total. The van der Waals surface area contributed by atoms with Crippen molar-refractivity contribution >= 4 is 50.3 Å². The van der Waals surface area contributed by atoms with E-state index in [-0.39, 0.29) is 12.5 Å². The molecule has 6 nitrogen and oxygen atoms in total. The number of fused-ring (bicyclic) bond motifs is 1. The molecule has 21 heavy (non-hydrogen) atoms. The molecule has 0 fully saturated rings. The number of aromatic nitrogens is 4. The van der Waals surface area contributed by atoms with Crippen LogP contribution >= 0.6 is 27.5 Å². The first kappa shape index (κ1) is 14.0. The minimum absolute atomic E-state index is 0.0981. The Kier molecular flexibility index (Phi) is 3.85. The molecule has 0 bridgehead atoms. The highest BCUT2D eigenvalue weighted by molar-refractivity contribution is 9.10. The van der Waals surface area contributed by atoms with Gasteiger partial charge in [0.05, 0.1) is 27.4 Å². The monoisotopic (exact) mass is 365 g/mol. The van der Waals surface area contributed by atoms with Crippen molar-refractivity contribution in [2.45, 2.75) is 6.54 Å². The van der Waals surface area contributed by atoms with E-state index >= 15 is 0 Å². The van der Waals surface area contributed by atoms with E-state index in [1.807, 2.05) is 0 Å². The molecule has 0 saturated heterocycles. The molecule has 0 radical (unpaired) electrons. The minimum Gasteiger partial charge on any atom is -0.308 e. The summed E-state index contributed by atoms with van der Waals surface area (Å²) in [6, 6.07) is 5.31. The number of carbonyl (C=O) groups excluding carboxylic acids is 1. The molecule has 2 aromatic heterocycles. The lowest BCUT2D eigenvalue weighted by Crippen LogP contribution is -2.19. The lowest BCUT2D eigenvalue weighted by Gasteiger charge is -2.06. The Morgan fingerprint density at radius 1 is 1.38 bits per heavy atom. The zero-order chi connectivity index (χ0) is 14.8. The van der Waals surface area contributed by atoms with Crippen molar-refractivity contribution in [2.75, 3.05) is 5.32 Å². The number of nitrogens with one attached hydrogen (secondary N) is 1. The van der Waals surface area contributed by atoms with Crippen LogP contribution < -0.4 is 5.32 Å². The molecule has 0 aliphatic rings. The van der Waals surface area contributed by atoms with Crippen LogP contribution in [0.5, 0.6) is 0 Å². The average molecular weight is 367 g/mol. The second-order valence-electron chi connectivity index (χ2n) is 4.27. The van der Waals surface area contributed by atoms with E-state index in [2.05, 4.69) is 36.3 Å². The first-order chi connectivity index (χ1) is 10.1. The molecule has 0 saturated carbocycles. The summed E-state index contributed by atoms with van der Waals surface area (Å²) in [5.41, 5.74) is 1.23. The first-order valence-corrected chi connectivity index (χ1v) is 7.18. The lowest BCUT2D eigenvalue weighted by atomic mass is 10.3. The molecule has 8 heteroatoms. The Bertz CT molecular complexity index is 819. The molecule has 0 aliphatic carbocycles. The Hall–Kier alpha value is -1.99. The highest BCUT2D eigenvalue weighted by atomic mass is 79.9. The number of halogens is 2. The number of anilines is 1. The Balaban J connectivity index is 1.77. The summed E-state index contributed by atoms with van der Waals surface area (Å²) in [5, 5.41) is 7.22. The van der Waals surface area contributed by atoms with Crippen molar-refractivity contribution in [3.05, 3.63) is 46.3 Å². The molecule has 1 aromatic carbocycles. The van der Waals surface area contributed by atoms with Crippen molar-refractivity contribution in [1.29, 1.82) is 0 Å². The van der Waals surface area contributed by atoms with Gasteiger partial charge in [0.15, 0.2) is 5.82 Å². The highest BCUT2D eigenvalue weighted by Gasteiger charge is 2.08. The van der Waals surface area contributed by atoms with Crippen LogP contribution in [-0.4, -0.2) is 25.7 Å². The number of nitrogens with zero attached hydrogens (tertiary/aromatic N) is 4. The summed E-state index contributed by atoms with van der Waals surface area (Å²) in [6.07, 6.45) is 4.81. The van der Waals surface area contributed by atoms with Crippen molar-refractivity contribution in [3.63, 3.8) is 0 Å². The van der Waals surface area contributed by atoms with Gasteiger partial charge in [-0.1, -0.05) is 17.7 Å². The fourth-order valence-electron chi connectivity index (χ4n) is 1.82. The van der Waals surface area contributed by atoms with E-state index in [1.54, 1.807) is 30.6 Å². The van der Waals surface area contributed by atoms with E-state index in [0.717, 1.165) is 4.47 Å². The SMILES string of the molecule is O=C(Cn1cc(Br)cn1)Nc1cnc2c(Cl)cccc2n1. The molecule has 3 rings (SSSR count). The van der Waals surface area contributed by atoms with Crippen LogP contribution in [0.3, 0.4) is 0 Å². The molecule has 0 unspecified atom stereocenters. The van der Waals surface area contributed by atoms with E-state index in [0.29, 0.717) is 21.9 Å². The van der Waals surface area contributed by atoms with Crippen molar-refractivity contribution in [2.24, 2.45) is 0 Å². The number of amides is 1. The quantitative estimate of drug-likeness (QED) is 0.773. The smallest absolute Gasteiger partial charge is 0.247 e. The van der Waals surface area contributed by atoms with Crippen LogP contribution in [0.1, 0.15) is 0 Å². The molecular formula is C13H9BrClN5O. The van der Waals surface area contributed by atoms with Crippen LogP contribution in [0, 0.1) is 0 Å². The zero-order valence-corrected chi connectivity index (χ0v) is 13.0. The number of carbonyl (C=O) groups is 1. The normalized spacial score (nSPS) is 10.8. The molecule has 3 aromatic rings. The average Bonchev–Trinajstić information content (AvgIpc) is 2.84. The summed E-state index contributed by atoms with van der Waals surface area (Å²) >= 11 is 9.29. The maximum absolute atomic E-state index is 11.9. The lowest BCUT2D eigenvalue weighted by molar-refractivity contribution is -0.116. The largest absolute Gasteiger partial charge is 0.308 e. The molecular weight excluding hydrogens is 358 g/mol. The molecule has 0 aliphatic heterocycles. The molecule has 2 heterocycles. The summed E-state index contributed by atoms with van der Waals surface area (Å²) in [6.45, 7) is 0.0981. The molecule has 106 valence electrons. The fourth-order valence-corrected chi connectivity index (χ4v) is 2.37. The molecule has 0 spiro atoms. The Morgan fingerprint density at radius 3 is 3.00 bits per heavy atom. The van der Waals surface area contributed by atoms with Crippen LogP contribution in [0.15, 0.2) is 41.3 Å². The maximum atomic E-state index is 11.9. The predicted molar refractivity (Wildman–Crippen MR) is 83.1 cm³/mol. The number of hydrogen-bond donors (Lipinski definition) is 1. The van der Waals surface area contributed by atoms with Crippen molar-refractivity contribution in [3.8, 4) is 0 Å². The zero-order valence-electron chi connectivity index (χ0n) is 10.6. The topological polar surface area (TPSA) is 72.7 Å². The Morgan fingerprint density at radius 2 is 2.24 bits per heavy atom. The number of benzene rings is 1. The van der Waals surface area contributed by atoms with Gasteiger partial charge in [0, 0.05) is 6.20 Å². The maximum Gasteiger partial charge on any atom is 0.247 e. The van der Waals surface area contributed by atoms with Crippen LogP contribution in [0.4, 0.5) is 5.82 Å². The van der Waals surface area contributed by atoms with Crippen LogP contribution in [-0.2, 0) is 11.3 Å². The van der Waals surface area contributed by atoms with E-state index in [1.165, 1.54) is 10.9 Å². The number of para-hydroxylation sites is 1. The third kappa shape index (κ3) is 3.20. The third-order valence-corrected chi connectivity index (χ3v) is 3.41. The van der Waals surface area contributed by atoms with Gasteiger partial charge in [0.1, 0.15) is 12.1 Å². The highest BCUT2D eigenvalue weighted by Crippen LogP contribution is 2.20. The second kappa shape index (κ2) is 5.79. The van der Waals surface area contributed by atoms with Gasteiger partial charge in [-0.15, -0.1) is 0 Å². The third-order valence-electron chi connectivity index (χ3n) is 2.70. The van der Waals surface area contributed by atoms with Gasteiger partial charge >= 0.3 is 0 Å². The van der Waals surface area contributed by atoms with Crippen LogP contribution in [0.25, 0.3) is 11.0 Å². The second-order valence-corrected chi connectivity index (χ2v) is 5.59. The summed E-state index contributed by atoms with van der Waals surface area (Å²) in [4.78, 5) is 20.4. The summed E-state index contributed by atoms with van der Waals surface area (Å²) in [5.74, 6) is 0.141. The van der Waals surface area contributed by atoms with E-state index < -0.39 is 0 Å². The van der Waals surface area contributed by atoms with Gasteiger partial charge in [0.2, 0.25) is 5.91 Å². The van der Waals surface area contributed by atoms with Gasteiger partial charge in [-0.2, -0.15) is 5.10 Å². The van der Waals surface area contributed by atoms with Crippen molar-refractivity contribution < 1.29 is 4.79 Å². The van der Waals surface area contributed by atoms with Gasteiger partial charge in [-0.25, -0.2) is 9.97 Å². The predicted octanol–water partition coefficient (Wildman–Crippen LogP) is 2.88. The van der Waals surface area contributed by atoms with Gasteiger partial charge in [-0.05, 0) is 28.1 Å².